The summed E-state index contributed by atoms with van der Waals surface area (Å²) < 4.78 is 27.6. The van der Waals surface area contributed by atoms with Gasteiger partial charge in [0, 0.05) is 0 Å². The lowest BCUT2D eigenvalue weighted by Gasteiger charge is -2.28. The van der Waals surface area contributed by atoms with E-state index in [-0.39, 0.29) is 21.7 Å². The van der Waals surface area contributed by atoms with Crippen molar-refractivity contribution in [2.24, 2.45) is 22.9 Å². The predicted molar refractivity (Wildman–Crippen MR) is 288 cm³/mol. The standard InChI is InChI=1S/C52H76N4O4S4.C2H4O3/c1-49(2,3)33-25-37-45(57-21-13-17-53)38(26-33)62-40-28-35(51(7,8)9)30-42(47(40)59-23-15-19-55)64-44-32-36(52(10,11)12)31-43(48(44)60-24-16-20-56)63-41-29-34(50(4,5)6)27-39(61-37)46(41)58-22-14-18-54;3-1-2(4)5/h25-32H,13-24,53-56H2,1-12H3;3H,1H2,(H,4,5). The van der Waals surface area contributed by atoms with Crippen LogP contribution in [0.3, 0.4) is 0 Å². The van der Waals surface area contributed by atoms with Crippen LogP contribution in [0.2, 0.25) is 0 Å². The molecule has 1 heterocycles. The van der Waals surface area contributed by atoms with Crippen molar-refractivity contribution in [3.05, 3.63) is 70.8 Å². The molecule has 15 heteroatoms. The topological polar surface area (TPSA) is 199 Å². The Kier molecular flexibility index (Phi) is 21.9. The summed E-state index contributed by atoms with van der Waals surface area (Å²) in [7, 11) is 0. The summed E-state index contributed by atoms with van der Waals surface area (Å²) in [6.07, 6.45) is 2.89. The van der Waals surface area contributed by atoms with E-state index < -0.39 is 12.6 Å². The molecule has 0 atom stereocenters. The van der Waals surface area contributed by atoms with Gasteiger partial charge in [0.25, 0.3) is 0 Å². The number of nitrogens with two attached hydrogens (primary N) is 4. The summed E-state index contributed by atoms with van der Waals surface area (Å²) in [6.45, 7) is 30.5. The third-order valence-corrected chi connectivity index (χ3v) is 15.1. The van der Waals surface area contributed by atoms with Gasteiger partial charge in [0.2, 0.25) is 0 Å². The van der Waals surface area contributed by atoms with Gasteiger partial charge in [-0.3, -0.25) is 0 Å². The number of rotatable bonds is 17. The van der Waals surface area contributed by atoms with Gasteiger partial charge >= 0.3 is 5.97 Å². The Morgan fingerprint density at radius 3 is 0.681 bits per heavy atom. The van der Waals surface area contributed by atoms with Crippen molar-refractivity contribution in [3.8, 4) is 23.0 Å². The lowest BCUT2D eigenvalue weighted by molar-refractivity contribution is -0.140. The summed E-state index contributed by atoms with van der Waals surface area (Å²) in [5.74, 6) is 2.11. The van der Waals surface area contributed by atoms with Crippen molar-refractivity contribution in [2.45, 2.75) is 170 Å². The van der Waals surface area contributed by atoms with Crippen LogP contribution in [0, 0.1) is 0 Å². The zero-order chi connectivity index (χ0) is 51.3. The molecule has 0 spiro atoms. The Hall–Kier alpha value is -3.25. The van der Waals surface area contributed by atoms with Crippen LogP contribution in [0.4, 0.5) is 0 Å². The molecule has 0 saturated heterocycles. The molecule has 0 fully saturated rings. The lowest BCUT2D eigenvalue weighted by atomic mass is 9.87. The zero-order valence-corrected chi connectivity index (χ0v) is 46.5. The number of hydrogen-bond donors (Lipinski definition) is 6. The monoisotopic (exact) mass is 1020 g/mol. The first-order chi connectivity index (χ1) is 32.4. The lowest BCUT2D eigenvalue weighted by Crippen LogP contribution is -2.14. The van der Waals surface area contributed by atoms with E-state index in [4.69, 9.17) is 56.9 Å². The second-order valence-corrected chi connectivity index (χ2v) is 25.5. The van der Waals surface area contributed by atoms with Crippen LogP contribution in [0.25, 0.3) is 0 Å². The van der Waals surface area contributed by atoms with Crippen LogP contribution < -0.4 is 41.9 Å². The summed E-state index contributed by atoms with van der Waals surface area (Å²) in [5, 5.41) is 15.0. The van der Waals surface area contributed by atoms with Crippen molar-refractivity contribution >= 4 is 53.0 Å². The summed E-state index contributed by atoms with van der Waals surface area (Å²) in [6, 6.07) is 18.5. The molecular formula is C54H80N4O7S4. The number of aliphatic carboxylic acids is 1. The molecular weight excluding hydrogens is 945 g/mol. The molecule has 0 saturated carbocycles. The highest BCUT2D eigenvalue weighted by atomic mass is 32.2. The number of carboxylic acid groups (broad SMARTS) is 1. The van der Waals surface area contributed by atoms with Gasteiger partial charge in [-0.15, -0.1) is 0 Å². The van der Waals surface area contributed by atoms with Gasteiger partial charge in [0.05, 0.1) is 65.6 Å². The van der Waals surface area contributed by atoms with Crippen LogP contribution >= 0.6 is 47.0 Å². The molecule has 0 aromatic heterocycles. The highest BCUT2D eigenvalue weighted by Crippen LogP contribution is 2.56. The van der Waals surface area contributed by atoms with Crippen molar-refractivity contribution in [2.75, 3.05) is 59.2 Å². The van der Waals surface area contributed by atoms with E-state index in [0.29, 0.717) is 52.6 Å². The Bertz CT molecular complexity index is 1930. The number of aliphatic hydroxyl groups is 1. The number of aliphatic hydroxyl groups excluding tert-OH is 1. The van der Waals surface area contributed by atoms with Gasteiger partial charge in [0.15, 0.2) is 0 Å². The molecule has 0 radical (unpaired) electrons. The number of hydrogen-bond acceptors (Lipinski definition) is 14. The number of fused-ring (bicyclic) bond motifs is 8. The minimum Gasteiger partial charge on any atom is -0.491 e. The highest BCUT2D eigenvalue weighted by Gasteiger charge is 2.30. The van der Waals surface area contributed by atoms with Crippen LogP contribution in [-0.4, -0.2) is 75.4 Å². The van der Waals surface area contributed by atoms with Crippen molar-refractivity contribution < 1.29 is 34.0 Å². The first-order valence-corrected chi connectivity index (χ1v) is 27.2. The molecule has 382 valence electrons. The van der Waals surface area contributed by atoms with Crippen molar-refractivity contribution in [3.63, 3.8) is 0 Å². The fourth-order valence-electron chi connectivity index (χ4n) is 6.72. The number of benzene rings is 4. The van der Waals surface area contributed by atoms with Gasteiger partial charge in [-0.1, -0.05) is 130 Å². The first kappa shape index (κ1) is 58.3. The Labute approximate surface area is 430 Å². The van der Waals surface area contributed by atoms with Crippen molar-refractivity contribution in [1.82, 2.24) is 0 Å². The largest absolute Gasteiger partial charge is 0.491 e. The minimum absolute atomic E-state index is 0.168. The average molecular weight is 1030 g/mol. The van der Waals surface area contributed by atoms with E-state index >= 15 is 0 Å². The highest BCUT2D eigenvalue weighted by molar-refractivity contribution is 8.01. The predicted octanol–water partition coefficient (Wildman–Crippen LogP) is 11.8. The molecule has 69 heavy (non-hydrogen) atoms. The molecule has 1 aliphatic rings. The van der Waals surface area contributed by atoms with E-state index in [2.05, 4.69) is 132 Å². The molecule has 5 rings (SSSR count). The summed E-state index contributed by atoms with van der Waals surface area (Å²) in [4.78, 5) is 17.2. The van der Waals surface area contributed by atoms with Crippen LogP contribution in [0.15, 0.2) is 87.7 Å². The number of carboxylic acids is 1. The Morgan fingerprint density at radius 1 is 0.406 bits per heavy atom. The zero-order valence-electron chi connectivity index (χ0n) is 43.2. The second kappa shape index (κ2) is 25.9. The average Bonchev–Trinajstić information content (AvgIpc) is 3.25. The smallest absolute Gasteiger partial charge is 0.329 e. The van der Waals surface area contributed by atoms with Crippen molar-refractivity contribution in [1.29, 1.82) is 0 Å². The van der Waals surface area contributed by atoms with Crippen LogP contribution in [0.5, 0.6) is 23.0 Å². The maximum Gasteiger partial charge on any atom is 0.329 e. The molecule has 0 unspecified atom stereocenters. The van der Waals surface area contributed by atoms with E-state index in [9.17, 15) is 0 Å². The maximum absolute atomic E-state index is 9.12. The van der Waals surface area contributed by atoms with Crippen LogP contribution in [-0.2, 0) is 26.5 Å². The second-order valence-electron chi connectivity index (χ2n) is 21.1. The van der Waals surface area contributed by atoms with E-state index in [1.165, 1.54) is 22.3 Å². The van der Waals surface area contributed by atoms with Gasteiger partial charge in [-0.2, -0.15) is 0 Å². The summed E-state index contributed by atoms with van der Waals surface area (Å²) in [5.41, 5.74) is 28.5. The van der Waals surface area contributed by atoms with E-state index in [1.807, 2.05) is 0 Å². The Balaban J connectivity index is 0.00000197. The molecule has 0 amide bonds. The van der Waals surface area contributed by atoms with Gasteiger partial charge in [0.1, 0.15) is 29.6 Å². The molecule has 11 nitrogen and oxygen atoms in total. The molecule has 10 N–H and O–H groups in total. The normalized spacial score (nSPS) is 13.1. The number of ether oxygens (including phenoxy) is 4. The molecule has 4 aromatic carbocycles. The maximum atomic E-state index is 9.12. The molecule has 4 aromatic rings. The Morgan fingerprint density at radius 2 is 0.565 bits per heavy atom. The fourth-order valence-corrected chi connectivity index (χ4v) is 11.5. The minimum atomic E-state index is -1.19. The third kappa shape index (κ3) is 16.9. The first-order valence-electron chi connectivity index (χ1n) is 24.0. The van der Waals surface area contributed by atoms with Gasteiger partial charge in [-0.05, 0) is 144 Å². The molecule has 1 aliphatic heterocycles. The SMILES string of the molecule is CC(C)(C)c1cc2c(OCCCN)c(c1)Sc1cc(C(C)(C)C)cc(c1OCCCN)Sc1cc(C(C)(C)C)cc(c1OCCCN)Sc1cc(C(C)(C)C)cc(c1OCCCN)S2.O=C(O)CO. The third-order valence-electron chi connectivity index (χ3n) is 10.9. The van der Waals surface area contributed by atoms with E-state index in [1.54, 1.807) is 47.0 Å². The summed E-state index contributed by atoms with van der Waals surface area (Å²) >= 11 is 6.82. The van der Waals surface area contributed by atoms with Crippen LogP contribution in [0.1, 0.15) is 131 Å². The molecule has 8 bridgehead atoms. The van der Waals surface area contributed by atoms with Gasteiger partial charge < -0.3 is 52.1 Å². The van der Waals surface area contributed by atoms with Gasteiger partial charge in [-0.25, -0.2) is 4.79 Å². The fraction of sp³-hybridized carbons (Fsp3) is 0.537. The molecule has 0 aliphatic carbocycles. The van der Waals surface area contributed by atoms with E-state index in [0.717, 1.165) is 87.8 Å². The quantitative estimate of drug-likeness (QED) is 0.0481. The number of carbonyl (C=O) groups is 1.